The Morgan fingerprint density at radius 2 is 1.83 bits per heavy atom. The highest BCUT2D eigenvalue weighted by atomic mass is 19.4. The lowest BCUT2D eigenvalue weighted by Crippen LogP contribution is -2.61. The van der Waals surface area contributed by atoms with Gasteiger partial charge in [0.1, 0.15) is 12.1 Å². The first-order valence-electron chi connectivity index (χ1n) is 7.03. The fourth-order valence-corrected chi connectivity index (χ4v) is 2.58. The number of piperazine rings is 1. The van der Waals surface area contributed by atoms with Crippen molar-refractivity contribution in [2.45, 2.75) is 31.6 Å². The fourth-order valence-electron chi connectivity index (χ4n) is 2.58. The molecule has 3 N–H and O–H groups in total. The van der Waals surface area contributed by atoms with Crippen LogP contribution in [0.3, 0.4) is 0 Å². The zero-order chi connectivity index (χ0) is 16.8. The van der Waals surface area contributed by atoms with Gasteiger partial charge in [0.05, 0.1) is 5.56 Å². The second-order valence-corrected chi connectivity index (χ2v) is 5.59. The average molecular weight is 325 g/mol. The third kappa shape index (κ3) is 3.01. The van der Waals surface area contributed by atoms with Gasteiger partial charge in [0.2, 0.25) is 11.8 Å². The summed E-state index contributed by atoms with van der Waals surface area (Å²) in [6, 6.07) is 3.63. The highest BCUT2D eigenvalue weighted by Gasteiger charge is 2.32. The second kappa shape index (κ2) is 5.29. The van der Waals surface area contributed by atoms with Crippen LogP contribution in [0.1, 0.15) is 18.2 Å². The van der Waals surface area contributed by atoms with Crippen LogP contribution >= 0.6 is 0 Å². The van der Waals surface area contributed by atoms with Gasteiger partial charge in [-0.3, -0.25) is 9.59 Å². The zero-order valence-corrected chi connectivity index (χ0v) is 12.1. The van der Waals surface area contributed by atoms with Crippen LogP contribution in [0.4, 0.5) is 13.2 Å². The van der Waals surface area contributed by atoms with Gasteiger partial charge in [0.15, 0.2) is 0 Å². The number of H-pyrrole nitrogens is 1. The first-order valence-corrected chi connectivity index (χ1v) is 7.03. The predicted molar refractivity (Wildman–Crippen MR) is 76.5 cm³/mol. The van der Waals surface area contributed by atoms with Crippen LogP contribution in [0.15, 0.2) is 24.3 Å². The van der Waals surface area contributed by atoms with Gasteiger partial charge in [-0.1, -0.05) is 0 Å². The first-order chi connectivity index (χ1) is 10.7. The molecular weight excluding hydrogens is 311 g/mol. The van der Waals surface area contributed by atoms with E-state index in [2.05, 4.69) is 15.6 Å². The largest absolute Gasteiger partial charge is 0.416 e. The molecule has 1 aliphatic rings. The number of nitrogens with one attached hydrogen (secondary N) is 3. The zero-order valence-electron chi connectivity index (χ0n) is 12.1. The Morgan fingerprint density at radius 3 is 2.52 bits per heavy atom. The number of hydrogen-bond acceptors (Lipinski definition) is 2. The number of rotatable bonds is 2. The number of amides is 2. The van der Waals surface area contributed by atoms with Crippen molar-refractivity contribution in [3.63, 3.8) is 0 Å². The molecule has 5 nitrogen and oxygen atoms in total. The van der Waals surface area contributed by atoms with E-state index < -0.39 is 23.8 Å². The van der Waals surface area contributed by atoms with Crippen LogP contribution in [-0.2, 0) is 22.2 Å². The highest BCUT2D eigenvalue weighted by Crippen LogP contribution is 2.31. The SMILES string of the molecule is CC1NC(=O)C(Cc2cc3cc(C(F)(F)F)ccc3[nH]2)NC1=O. The molecule has 0 saturated carbocycles. The molecule has 1 fully saturated rings. The topological polar surface area (TPSA) is 74.0 Å². The maximum absolute atomic E-state index is 12.7. The monoisotopic (exact) mass is 325 g/mol. The van der Waals surface area contributed by atoms with E-state index in [1.165, 1.54) is 6.07 Å². The molecule has 23 heavy (non-hydrogen) atoms. The van der Waals surface area contributed by atoms with E-state index in [1.807, 2.05) is 0 Å². The molecular formula is C15H14F3N3O2. The lowest BCUT2D eigenvalue weighted by molar-refractivity contribution is -0.137. The van der Waals surface area contributed by atoms with E-state index in [9.17, 15) is 22.8 Å². The fraction of sp³-hybridized carbons (Fsp3) is 0.333. The highest BCUT2D eigenvalue weighted by molar-refractivity contribution is 5.96. The maximum atomic E-state index is 12.7. The normalized spacial score (nSPS) is 22.1. The molecule has 1 aromatic heterocycles. The number of aromatic nitrogens is 1. The number of carbonyl (C=O) groups excluding carboxylic acids is 2. The van der Waals surface area contributed by atoms with Crippen molar-refractivity contribution in [2.24, 2.45) is 0 Å². The van der Waals surface area contributed by atoms with Gasteiger partial charge in [-0.05, 0) is 31.2 Å². The Balaban J connectivity index is 1.84. The third-order valence-corrected chi connectivity index (χ3v) is 3.81. The Bertz CT molecular complexity index is 782. The summed E-state index contributed by atoms with van der Waals surface area (Å²) in [7, 11) is 0. The molecule has 1 saturated heterocycles. The van der Waals surface area contributed by atoms with E-state index >= 15 is 0 Å². The minimum absolute atomic E-state index is 0.181. The van der Waals surface area contributed by atoms with Crippen molar-refractivity contribution in [1.82, 2.24) is 15.6 Å². The van der Waals surface area contributed by atoms with E-state index in [1.54, 1.807) is 13.0 Å². The van der Waals surface area contributed by atoms with Crippen molar-refractivity contribution in [1.29, 1.82) is 0 Å². The number of halogens is 3. The molecule has 0 spiro atoms. The molecule has 2 amide bonds. The Labute approximate surface area is 129 Å². The summed E-state index contributed by atoms with van der Waals surface area (Å²) in [5.74, 6) is -0.600. The minimum Gasteiger partial charge on any atom is -0.358 e. The minimum atomic E-state index is -4.40. The standard InChI is InChI=1S/C15H14F3N3O2/c1-7-13(22)21-12(14(23)19-7)6-10-5-8-4-9(15(16,17)18)2-3-11(8)20-10/h2-5,7,12,20H,6H2,1H3,(H,19,23)(H,21,22). The summed E-state index contributed by atoms with van der Waals surface area (Å²) in [6.45, 7) is 1.57. The summed E-state index contributed by atoms with van der Waals surface area (Å²) in [5.41, 5.74) is 0.395. The van der Waals surface area contributed by atoms with E-state index in [-0.39, 0.29) is 18.2 Å². The summed E-state index contributed by atoms with van der Waals surface area (Å²) >= 11 is 0. The number of aromatic amines is 1. The lowest BCUT2D eigenvalue weighted by atomic mass is 10.1. The number of fused-ring (bicyclic) bond motifs is 1. The van der Waals surface area contributed by atoms with Crippen LogP contribution in [0.25, 0.3) is 10.9 Å². The van der Waals surface area contributed by atoms with Gasteiger partial charge in [-0.2, -0.15) is 13.2 Å². The number of hydrogen-bond donors (Lipinski definition) is 3. The predicted octanol–water partition coefficient (Wildman–Crippen LogP) is 1.73. The van der Waals surface area contributed by atoms with Gasteiger partial charge in [0, 0.05) is 23.0 Å². The van der Waals surface area contributed by atoms with Crippen molar-refractivity contribution in [3.05, 3.63) is 35.5 Å². The molecule has 0 radical (unpaired) electrons. The molecule has 3 rings (SSSR count). The molecule has 1 aromatic carbocycles. The number of carbonyl (C=O) groups is 2. The van der Waals surface area contributed by atoms with Gasteiger partial charge in [-0.25, -0.2) is 0 Å². The number of alkyl halides is 3. The van der Waals surface area contributed by atoms with E-state index in [0.29, 0.717) is 16.6 Å². The summed E-state index contributed by atoms with van der Waals surface area (Å²) < 4.78 is 38.1. The number of benzene rings is 1. The quantitative estimate of drug-likeness (QED) is 0.787. The van der Waals surface area contributed by atoms with Crippen LogP contribution in [0.2, 0.25) is 0 Å². The molecule has 122 valence electrons. The van der Waals surface area contributed by atoms with Crippen LogP contribution in [0.5, 0.6) is 0 Å². The molecule has 2 unspecified atom stereocenters. The van der Waals surface area contributed by atoms with Crippen molar-refractivity contribution in [2.75, 3.05) is 0 Å². The van der Waals surface area contributed by atoms with Gasteiger partial charge in [0.25, 0.3) is 0 Å². The van der Waals surface area contributed by atoms with E-state index in [0.717, 1.165) is 12.1 Å². The third-order valence-electron chi connectivity index (χ3n) is 3.81. The van der Waals surface area contributed by atoms with Crippen LogP contribution in [0, 0.1) is 0 Å². The van der Waals surface area contributed by atoms with Crippen LogP contribution < -0.4 is 10.6 Å². The summed E-state index contributed by atoms with van der Waals surface area (Å²) in [5, 5.41) is 5.55. The molecule has 2 atom stereocenters. The molecule has 8 heteroatoms. The molecule has 2 heterocycles. The van der Waals surface area contributed by atoms with Gasteiger partial charge >= 0.3 is 6.18 Å². The molecule has 1 aliphatic heterocycles. The van der Waals surface area contributed by atoms with Crippen LogP contribution in [-0.4, -0.2) is 28.9 Å². The van der Waals surface area contributed by atoms with Crippen molar-refractivity contribution < 1.29 is 22.8 Å². The van der Waals surface area contributed by atoms with Gasteiger partial charge in [-0.15, -0.1) is 0 Å². The Morgan fingerprint density at radius 1 is 1.09 bits per heavy atom. The average Bonchev–Trinajstić information content (AvgIpc) is 2.85. The molecule has 0 bridgehead atoms. The molecule has 0 aliphatic carbocycles. The maximum Gasteiger partial charge on any atom is 0.416 e. The van der Waals surface area contributed by atoms with E-state index in [4.69, 9.17) is 0 Å². The summed E-state index contributed by atoms with van der Waals surface area (Å²) in [6.07, 6.45) is -4.22. The van der Waals surface area contributed by atoms with Crippen molar-refractivity contribution in [3.8, 4) is 0 Å². The first kappa shape index (κ1) is 15.4. The molecule has 2 aromatic rings. The van der Waals surface area contributed by atoms with Gasteiger partial charge < -0.3 is 15.6 Å². The Kier molecular flexibility index (Phi) is 3.54. The van der Waals surface area contributed by atoms with Crippen molar-refractivity contribution >= 4 is 22.7 Å². The summed E-state index contributed by atoms with van der Waals surface area (Å²) in [4.78, 5) is 26.4. The Hall–Kier alpha value is -2.51. The second-order valence-electron chi connectivity index (χ2n) is 5.59. The smallest absolute Gasteiger partial charge is 0.358 e. The lowest BCUT2D eigenvalue weighted by Gasteiger charge is -2.27.